The zero-order chi connectivity index (χ0) is 10.4. The summed E-state index contributed by atoms with van der Waals surface area (Å²) in [6.07, 6.45) is 3.52. The fraction of sp³-hybridized carbons (Fsp3) is 0.900. The van der Waals surface area contributed by atoms with Gasteiger partial charge in [0.1, 0.15) is 0 Å². The van der Waals surface area contributed by atoms with E-state index < -0.39 is 0 Å². The molecule has 0 aromatic carbocycles. The van der Waals surface area contributed by atoms with Crippen molar-refractivity contribution in [1.29, 1.82) is 0 Å². The molecule has 4 heteroatoms. The number of nitrogens with zero attached hydrogens (tertiary/aromatic N) is 1. The molecule has 0 spiro atoms. The first kappa shape index (κ1) is 11.7. The van der Waals surface area contributed by atoms with Gasteiger partial charge in [-0.1, -0.05) is 6.92 Å². The highest BCUT2D eigenvalue weighted by Gasteiger charge is 2.16. The summed E-state index contributed by atoms with van der Waals surface area (Å²) in [5.74, 6) is 0. The first-order valence-electron chi connectivity index (χ1n) is 5.45. The lowest BCUT2D eigenvalue weighted by Crippen LogP contribution is -2.47. The van der Waals surface area contributed by atoms with Crippen LogP contribution in [0, 0.1) is 0 Å². The molecule has 0 atom stereocenters. The number of hydrogen-bond acceptors (Lipinski definition) is 2. The van der Waals surface area contributed by atoms with E-state index in [0.29, 0.717) is 6.04 Å². The van der Waals surface area contributed by atoms with E-state index in [1.807, 2.05) is 0 Å². The predicted octanol–water partition coefficient (Wildman–Crippen LogP) is 0.955. The lowest BCUT2D eigenvalue weighted by atomic mass is 10.1. The molecule has 0 saturated carbocycles. The Labute approximate surface area is 92.2 Å². The molecule has 1 aliphatic heterocycles. The van der Waals surface area contributed by atoms with Crippen LogP contribution in [0.4, 0.5) is 0 Å². The number of nitrogens with one attached hydrogen (secondary N) is 2. The van der Waals surface area contributed by atoms with E-state index in [-0.39, 0.29) is 0 Å². The van der Waals surface area contributed by atoms with Crippen LogP contribution < -0.4 is 10.6 Å². The van der Waals surface area contributed by atoms with Gasteiger partial charge in [-0.25, -0.2) is 0 Å². The quantitative estimate of drug-likeness (QED) is 0.686. The number of likely N-dealkylation sites (tertiary alicyclic amines) is 1. The lowest BCUT2D eigenvalue weighted by molar-refractivity contribution is 0.246. The molecule has 1 saturated heterocycles. The number of rotatable bonds is 3. The summed E-state index contributed by atoms with van der Waals surface area (Å²) in [4.78, 5) is 2.36. The summed E-state index contributed by atoms with van der Waals surface area (Å²) in [7, 11) is 2.17. The molecule has 0 amide bonds. The predicted molar refractivity (Wildman–Crippen MR) is 64.5 cm³/mol. The molecule has 1 fully saturated rings. The van der Waals surface area contributed by atoms with Gasteiger partial charge in [-0.3, -0.25) is 0 Å². The van der Waals surface area contributed by atoms with Gasteiger partial charge in [0.15, 0.2) is 5.11 Å². The van der Waals surface area contributed by atoms with Crippen molar-refractivity contribution >= 4 is 17.3 Å². The lowest BCUT2D eigenvalue weighted by Gasteiger charge is -2.30. The van der Waals surface area contributed by atoms with E-state index in [2.05, 4.69) is 29.5 Å². The Morgan fingerprint density at radius 3 is 2.64 bits per heavy atom. The first-order valence-corrected chi connectivity index (χ1v) is 5.86. The number of thiocarbonyl (C=S) groups is 1. The van der Waals surface area contributed by atoms with Crippen molar-refractivity contribution in [1.82, 2.24) is 15.5 Å². The van der Waals surface area contributed by atoms with Crippen LogP contribution in [0.3, 0.4) is 0 Å². The second-order valence-electron chi connectivity index (χ2n) is 3.98. The van der Waals surface area contributed by atoms with Crippen LogP contribution in [0.5, 0.6) is 0 Å². The van der Waals surface area contributed by atoms with Crippen molar-refractivity contribution in [3.8, 4) is 0 Å². The molecule has 14 heavy (non-hydrogen) atoms. The van der Waals surface area contributed by atoms with Gasteiger partial charge in [-0.2, -0.15) is 0 Å². The largest absolute Gasteiger partial charge is 0.363 e. The molecule has 0 aliphatic carbocycles. The van der Waals surface area contributed by atoms with Crippen molar-refractivity contribution < 1.29 is 0 Å². The van der Waals surface area contributed by atoms with Gasteiger partial charge < -0.3 is 15.5 Å². The molecule has 0 aromatic rings. The Morgan fingerprint density at radius 2 is 2.07 bits per heavy atom. The molecule has 0 bridgehead atoms. The zero-order valence-corrected chi connectivity index (χ0v) is 9.99. The fourth-order valence-corrected chi connectivity index (χ4v) is 1.90. The van der Waals surface area contributed by atoms with Crippen molar-refractivity contribution in [2.24, 2.45) is 0 Å². The maximum Gasteiger partial charge on any atom is 0.166 e. The molecule has 1 aliphatic rings. The summed E-state index contributed by atoms with van der Waals surface area (Å²) in [6, 6.07) is 0.572. The SMILES string of the molecule is CCCNC(=S)NC1CCN(C)CC1. The zero-order valence-electron chi connectivity index (χ0n) is 9.18. The average molecular weight is 215 g/mol. The maximum atomic E-state index is 5.19. The van der Waals surface area contributed by atoms with E-state index in [1.54, 1.807) is 0 Å². The molecular weight excluding hydrogens is 194 g/mol. The minimum absolute atomic E-state index is 0.572. The summed E-state index contributed by atoms with van der Waals surface area (Å²) in [5, 5.41) is 7.39. The second kappa shape index (κ2) is 6.19. The Bertz CT molecular complexity index is 176. The Hall–Kier alpha value is -0.350. The fourth-order valence-electron chi connectivity index (χ4n) is 1.63. The van der Waals surface area contributed by atoms with Gasteiger partial charge in [-0.05, 0) is 51.6 Å². The van der Waals surface area contributed by atoms with Crippen LogP contribution in [-0.4, -0.2) is 42.7 Å². The summed E-state index contributed by atoms with van der Waals surface area (Å²) >= 11 is 5.19. The van der Waals surface area contributed by atoms with Crippen molar-refractivity contribution in [2.75, 3.05) is 26.7 Å². The maximum absolute atomic E-state index is 5.19. The summed E-state index contributed by atoms with van der Waals surface area (Å²) in [6.45, 7) is 5.46. The van der Waals surface area contributed by atoms with Crippen LogP contribution in [0.15, 0.2) is 0 Å². The van der Waals surface area contributed by atoms with Gasteiger partial charge in [0, 0.05) is 12.6 Å². The van der Waals surface area contributed by atoms with Crippen LogP contribution in [0.25, 0.3) is 0 Å². The van der Waals surface area contributed by atoms with Crippen LogP contribution in [0.1, 0.15) is 26.2 Å². The van der Waals surface area contributed by atoms with E-state index in [9.17, 15) is 0 Å². The van der Waals surface area contributed by atoms with Crippen molar-refractivity contribution in [3.63, 3.8) is 0 Å². The van der Waals surface area contributed by atoms with Crippen molar-refractivity contribution in [2.45, 2.75) is 32.2 Å². The highest BCUT2D eigenvalue weighted by molar-refractivity contribution is 7.80. The summed E-state index contributed by atoms with van der Waals surface area (Å²) < 4.78 is 0. The number of hydrogen-bond donors (Lipinski definition) is 2. The van der Waals surface area contributed by atoms with E-state index in [4.69, 9.17) is 12.2 Å². The minimum Gasteiger partial charge on any atom is -0.363 e. The smallest absolute Gasteiger partial charge is 0.166 e. The highest BCUT2D eigenvalue weighted by Crippen LogP contribution is 2.07. The topological polar surface area (TPSA) is 27.3 Å². The van der Waals surface area contributed by atoms with E-state index in [0.717, 1.165) is 18.1 Å². The molecule has 0 aromatic heterocycles. The second-order valence-corrected chi connectivity index (χ2v) is 4.39. The molecule has 3 nitrogen and oxygen atoms in total. The molecular formula is C10H21N3S. The van der Waals surface area contributed by atoms with Gasteiger partial charge in [-0.15, -0.1) is 0 Å². The Balaban J connectivity index is 2.14. The first-order chi connectivity index (χ1) is 6.72. The summed E-state index contributed by atoms with van der Waals surface area (Å²) in [5.41, 5.74) is 0. The minimum atomic E-state index is 0.572. The molecule has 0 radical (unpaired) electrons. The molecule has 1 rings (SSSR count). The van der Waals surface area contributed by atoms with Crippen molar-refractivity contribution in [3.05, 3.63) is 0 Å². The van der Waals surface area contributed by atoms with E-state index in [1.165, 1.54) is 25.9 Å². The molecule has 0 unspecified atom stereocenters. The third-order valence-electron chi connectivity index (χ3n) is 2.59. The molecule has 2 N–H and O–H groups in total. The highest BCUT2D eigenvalue weighted by atomic mass is 32.1. The molecule has 82 valence electrons. The van der Waals surface area contributed by atoms with E-state index >= 15 is 0 Å². The monoisotopic (exact) mass is 215 g/mol. The van der Waals surface area contributed by atoms with Crippen LogP contribution in [0.2, 0.25) is 0 Å². The number of piperidine rings is 1. The molecule has 1 heterocycles. The standard InChI is InChI=1S/C10H21N3S/c1-3-6-11-10(14)12-9-4-7-13(2)8-5-9/h9H,3-8H2,1-2H3,(H2,11,12,14). The normalized spacial score (nSPS) is 19.3. The Kier molecular flexibility index (Phi) is 5.19. The third-order valence-corrected chi connectivity index (χ3v) is 2.85. The van der Waals surface area contributed by atoms with Crippen LogP contribution in [-0.2, 0) is 0 Å². The third kappa shape index (κ3) is 4.24. The van der Waals surface area contributed by atoms with Gasteiger partial charge >= 0.3 is 0 Å². The average Bonchev–Trinajstić information content (AvgIpc) is 2.18. The van der Waals surface area contributed by atoms with Gasteiger partial charge in [0.05, 0.1) is 0 Å². The van der Waals surface area contributed by atoms with Crippen LogP contribution >= 0.6 is 12.2 Å². The Morgan fingerprint density at radius 1 is 1.43 bits per heavy atom. The van der Waals surface area contributed by atoms with Gasteiger partial charge in [0.2, 0.25) is 0 Å². The van der Waals surface area contributed by atoms with Gasteiger partial charge in [0.25, 0.3) is 0 Å².